The summed E-state index contributed by atoms with van der Waals surface area (Å²) in [4.78, 5) is 34.3. The Morgan fingerprint density at radius 3 is 2.85 bits per heavy atom. The van der Waals surface area contributed by atoms with Gasteiger partial charge in [0.1, 0.15) is 4.83 Å². The normalized spacial score (nSPS) is 17.6. The van der Waals surface area contributed by atoms with Crippen molar-refractivity contribution in [3.8, 4) is 0 Å². The Morgan fingerprint density at radius 1 is 1.37 bits per heavy atom. The quantitative estimate of drug-likeness (QED) is 0.541. The number of hydrogen-bond donors (Lipinski definition) is 0. The molecule has 0 saturated carbocycles. The Labute approximate surface area is 167 Å². The summed E-state index contributed by atoms with van der Waals surface area (Å²) in [6.07, 6.45) is 3.31. The van der Waals surface area contributed by atoms with Gasteiger partial charge in [0.15, 0.2) is 5.16 Å². The number of carbonyl (C=O) groups is 1. The van der Waals surface area contributed by atoms with Gasteiger partial charge in [-0.05, 0) is 45.6 Å². The maximum absolute atomic E-state index is 13.1. The van der Waals surface area contributed by atoms with Crippen LogP contribution >= 0.6 is 23.1 Å². The van der Waals surface area contributed by atoms with Gasteiger partial charge in [0.05, 0.1) is 24.3 Å². The van der Waals surface area contributed by atoms with Crippen LogP contribution in [0.25, 0.3) is 10.2 Å². The van der Waals surface area contributed by atoms with Gasteiger partial charge in [0, 0.05) is 24.6 Å². The molecule has 2 aromatic heterocycles. The number of ether oxygens (including phenoxy) is 1. The van der Waals surface area contributed by atoms with E-state index in [1.165, 1.54) is 29.5 Å². The minimum Gasteiger partial charge on any atom is -0.383 e. The highest BCUT2D eigenvalue weighted by Crippen LogP contribution is 2.28. The summed E-state index contributed by atoms with van der Waals surface area (Å²) in [6, 6.07) is 0.292. The fraction of sp³-hybridized carbons (Fsp3) is 0.632. The Morgan fingerprint density at radius 2 is 2.15 bits per heavy atom. The topological polar surface area (TPSA) is 64.4 Å². The van der Waals surface area contributed by atoms with Crippen molar-refractivity contribution in [2.45, 2.75) is 57.8 Å². The van der Waals surface area contributed by atoms with Crippen LogP contribution in [0, 0.1) is 13.8 Å². The largest absolute Gasteiger partial charge is 0.383 e. The summed E-state index contributed by atoms with van der Waals surface area (Å²) < 4.78 is 6.82. The molecule has 0 bridgehead atoms. The first kappa shape index (κ1) is 20.4. The fourth-order valence-electron chi connectivity index (χ4n) is 3.48. The van der Waals surface area contributed by atoms with E-state index >= 15 is 0 Å². The molecular formula is C19H27N3O3S2. The van der Waals surface area contributed by atoms with Crippen molar-refractivity contribution >= 4 is 39.2 Å². The monoisotopic (exact) mass is 409 g/mol. The summed E-state index contributed by atoms with van der Waals surface area (Å²) in [7, 11) is 1.62. The molecule has 2 aromatic rings. The predicted octanol–water partition coefficient (Wildman–Crippen LogP) is 3.21. The number of aryl methyl sites for hydroxylation is 2. The van der Waals surface area contributed by atoms with E-state index in [2.05, 4.69) is 6.92 Å². The molecule has 6 nitrogen and oxygen atoms in total. The van der Waals surface area contributed by atoms with Crippen molar-refractivity contribution in [1.82, 2.24) is 14.5 Å². The second kappa shape index (κ2) is 8.75. The molecule has 3 rings (SSSR count). The second-order valence-corrected chi connectivity index (χ2v) is 9.17. The van der Waals surface area contributed by atoms with E-state index in [0.717, 1.165) is 34.7 Å². The van der Waals surface area contributed by atoms with Gasteiger partial charge < -0.3 is 9.64 Å². The molecule has 1 amide bonds. The highest BCUT2D eigenvalue weighted by atomic mass is 32.2. The van der Waals surface area contributed by atoms with E-state index in [4.69, 9.17) is 9.72 Å². The second-order valence-electron chi connectivity index (χ2n) is 7.03. The van der Waals surface area contributed by atoms with Crippen molar-refractivity contribution in [3.05, 3.63) is 20.8 Å². The number of amides is 1. The zero-order chi connectivity index (χ0) is 19.6. The van der Waals surface area contributed by atoms with Crippen molar-refractivity contribution in [3.63, 3.8) is 0 Å². The molecule has 27 heavy (non-hydrogen) atoms. The van der Waals surface area contributed by atoms with Crippen LogP contribution in [0.4, 0.5) is 0 Å². The summed E-state index contributed by atoms with van der Waals surface area (Å²) in [5, 5.41) is 1.29. The van der Waals surface area contributed by atoms with Gasteiger partial charge in [0.2, 0.25) is 5.91 Å². The molecular weight excluding hydrogens is 382 g/mol. The van der Waals surface area contributed by atoms with Crippen molar-refractivity contribution in [2.24, 2.45) is 0 Å². The number of nitrogens with zero attached hydrogens (tertiary/aromatic N) is 3. The highest BCUT2D eigenvalue weighted by molar-refractivity contribution is 7.99. The first-order valence-electron chi connectivity index (χ1n) is 9.35. The lowest BCUT2D eigenvalue weighted by Crippen LogP contribution is -2.43. The standard InChI is InChI=1S/C19H27N3O3S2/c1-12-7-5-6-8-21(12)15(23)11-26-19-20-17-16(13(2)14(3)27-17)18(24)22(19)9-10-25-4/h12H,5-11H2,1-4H3. The summed E-state index contributed by atoms with van der Waals surface area (Å²) in [5.74, 6) is 0.428. The van der Waals surface area contributed by atoms with E-state index in [1.807, 2.05) is 18.7 Å². The van der Waals surface area contributed by atoms with Crippen LogP contribution in [-0.2, 0) is 16.1 Å². The van der Waals surface area contributed by atoms with Crippen molar-refractivity contribution in [1.29, 1.82) is 0 Å². The molecule has 3 heterocycles. The molecule has 1 aliphatic rings. The molecule has 1 saturated heterocycles. The number of thioether (sulfide) groups is 1. The number of rotatable bonds is 6. The molecule has 148 valence electrons. The first-order valence-corrected chi connectivity index (χ1v) is 11.2. The zero-order valence-electron chi connectivity index (χ0n) is 16.4. The molecule has 1 aliphatic heterocycles. The van der Waals surface area contributed by atoms with Crippen molar-refractivity contribution in [2.75, 3.05) is 26.0 Å². The van der Waals surface area contributed by atoms with Crippen LogP contribution in [0.2, 0.25) is 0 Å². The number of likely N-dealkylation sites (tertiary alicyclic amines) is 1. The highest BCUT2D eigenvalue weighted by Gasteiger charge is 2.24. The van der Waals surface area contributed by atoms with E-state index in [-0.39, 0.29) is 11.5 Å². The lowest BCUT2D eigenvalue weighted by atomic mass is 10.0. The number of thiophene rings is 1. The minimum absolute atomic E-state index is 0.0415. The third kappa shape index (κ3) is 4.22. The van der Waals surface area contributed by atoms with Gasteiger partial charge in [-0.3, -0.25) is 14.2 Å². The summed E-state index contributed by atoms with van der Waals surface area (Å²) >= 11 is 2.90. The lowest BCUT2D eigenvalue weighted by molar-refractivity contribution is -0.131. The zero-order valence-corrected chi connectivity index (χ0v) is 18.0. The van der Waals surface area contributed by atoms with Crippen LogP contribution < -0.4 is 5.56 Å². The number of piperidine rings is 1. The average Bonchev–Trinajstić information content (AvgIpc) is 2.93. The number of methoxy groups -OCH3 is 1. The molecule has 0 radical (unpaired) electrons. The van der Waals surface area contributed by atoms with Crippen molar-refractivity contribution < 1.29 is 9.53 Å². The van der Waals surface area contributed by atoms with Gasteiger partial charge in [-0.2, -0.15) is 0 Å². The van der Waals surface area contributed by atoms with Crippen LogP contribution in [0.15, 0.2) is 9.95 Å². The molecule has 0 aromatic carbocycles. The van der Waals surface area contributed by atoms with Gasteiger partial charge in [-0.15, -0.1) is 11.3 Å². The van der Waals surface area contributed by atoms with Gasteiger partial charge >= 0.3 is 0 Å². The average molecular weight is 410 g/mol. The van der Waals surface area contributed by atoms with Crippen LogP contribution in [0.3, 0.4) is 0 Å². The Bertz CT molecular complexity index is 890. The number of carbonyl (C=O) groups excluding carboxylic acids is 1. The molecule has 0 aliphatic carbocycles. The molecule has 8 heteroatoms. The Balaban J connectivity index is 1.88. The summed E-state index contributed by atoms with van der Waals surface area (Å²) in [5.41, 5.74) is 0.952. The Kier molecular flexibility index (Phi) is 6.60. The number of aromatic nitrogens is 2. The third-order valence-electron chi connectivity index (χ3n) is 5.22. The first-order chi connectivity index (χ1) is 12.9. The molecule has 1 fully saturated rings. The van der Waals surface area contributed by atoms with E-state index < -0.39 is 0 Å². The SMILES string of the molecule is COCCn1c(SCC(=O)N2CCCCC2C)nc2sc(C)c(C)c2c1=O. The molecule has 0 N–H and O–H groups in total. The van der Waals surface area contributed by atoms with Gasteiger partial charge in [-0.25, -0.2) is 4.98 Å². The molecule has 1 unspecified atom stereocenters. The number of fused-ring (bicyclic) bond motifs is 1. The predicted molar refractivity (Wildman–Crippen MR) is 111 cm³/mol. The van der Waals surface area contributed by atoms with E-state index in [9.17, 15) is 9.59 Å². The van der Waals surface area contributed by atoms with E-state index in [0.29, 0.717) is 35.5 Å². The van der Waals surface area contributed by atoms with E-state index in [1.54, 1.807) is 11.7 Å². The van der Waals surface area contributed by atoms with Crippen LogP contribution in [0.1, 0.15) is 36.6 Å². The van der Waals surface area contributed by atoms with Gasteiger partial charge in [0.25, 0.3) is 5.56 Å². The Hall–Kier alpha value is -1.38. The minimum atomic E-state index is -0.0415. The molecule has 0 spiro atoms. The summed E-state index contributed by atoms with van der Waals surface area (Å²) in [6.45, 7) is 7.77. The van der Waals surface area contributed by atoms with Gasteiger partial charge in [-0.1, -0.05) is 11.8 Å². The third-order valence-corrected chi connectivity index (χ3v) is 7.28. The number of hydrogen-bond acceptors (Lipinski definition) is 6. The smallest absolute Gasteiger partial charge is 0.263 e. The van der Waals surface area contributed by atoms with Crippen LogP contribution in [-0.4, -0.2) is 52.4 Å². The maximum Gasteiger partial charge on any atom is 0.263 e. The lowest BCUT2D eigenvalue weighted by Gasteiger charge is -2.33. The fourth-order valence-corrected chi connectivity index (χ4v) is 5.46. The molecule has 1 atom stereocenters. The maximum atomic E-state index is 13.1. The van der Waals surface area contributed by atoms with Crippen LogP contribution in [0.5, 0.6) is 0 Å².